The van der Waals surface area contributed by atoms with E-state index in [4.69, 9.17) is 17.3 Å². The second-order valence-corrected chi connectivity index (χ2v) is 5.42. The molecule has 2 aromatic rings. The topological polar surface area (TPSA) is 26.0 Å². The van der Waals surface area contributed by atoms with Gasteiger partial charge in [-0.15, -0.1) is 11.3 Å². The lowest BCUT2D eigenvalue weighted by atomic mass is 10.0. The van der Waals surface area contributed by atoms with E-state index in [1.807, 2.05) is 11.4 Å². The van der Waals surface area contributed by atoms with Gasteiger partial charge in [0.1, 0.15) is 5.82 Å². The zero-order valence-corrected chi connectivity index (χ0v) is 10.8. The molecule has 0 aliphatic carbocycles. The first-order chi connectivity index (χ1) is 8.15. The van der Waals surface area contributed by atoms with Crippen molar-refractivity contribution in [1.82, 2.24) is 0 Å². The van der Waals surface area contributed by atoms with Crippen LogP contribution in [0, 0.1) is 5.82 Å². The van der Waals surface area contributed by atoms with Crippen molar-refractivity contribution >= 4 is 22.9 Å². The Kier molecular flexibility index (Phi) is 4.15. The number of rotatable bonds is 4. The van der Waals surface area contributed by atoms with Gasteiger partial charge < -0.3 is 5.73 Å². The van der Waals surface area contributed by atoms with E-state index in [0.717, 1.165) is 12.0 Å². The van der Waals surface area contributed by atoms with E-state index >= 15 is 0 Å². The molecule has 0 bridgehead atoms. The minimum absolute atomic E-state index is 0.0343. The van der Waals surface area contributed by atoms with Gasteiger partial charge in [0.15, 0.2) is 0 Å². The van der Waals surface area contributed by atoms with Crippen molar-refractivity contribution in [3.8, 4) is 0 Å². The van der Waals surface area contributed by atoms with Gasteiger partial charge >= 0.3 is 0 Å². The third-order valence-corrected chi connectivity index (χ3v) is 3.80. The Balaban J connectivity index is 2.02. The molecule has 1 nitrogen and oxygen atoms in total. The van der Waals surface area contributed by atoms with Crippen LogP contribution < -0.4 is 5.73 Å². The van der Waals surface area contributed by atoms with Gasteiger partial charge in [0.05, 0.1) is 0 Å². The highest BCUT2D eigenvalue weighted by molar-refractivity contribution is 7.09. The summed E-state index contributed by atoms with van der Waals surface area (Å²) in [5.74, 6) is -0.271. The lowest BCUT2D eigenvalue weighted by Crippen LogP contribution is -2.25. The van der Waals surface area contributed by atoms with E-state index in [-0.39, 0.29) is 11.9 Å². The van der Waals surface area contributed by atoms with E-state index in [2.05, 4.69) is 6.07 Å². The summed E-state index contributed by atoms with van der Waals surface area (Å²) < 4.78 is 13.1. The molecule has 0 saturated carbocycles. The lowest BCUT2D eigenvalue weighted by molar-refractivity contribution is 0.619. The first kappa shape index (κ1) is 12.6. The molecule has 17 heavy (non-hydrogen) atoms. The zero-order valence-electron chi connectivity index (χ0n) is 9.20. The maximum atomic E-state index is 13.1. The van der Waals surface area contributed by atoms with Crippen LogP contribution in [0.5, 0.6) is 0 Å². The molecule has 0 fully saturated rings. The second-order valence-electron chi connectivity index (χ2n) is 3.98. The summed E-state index contributed by atoms with van der Waals surface area (Å²) in [6.07, 6.45) is 1.39. The van der Waals surface area contributed by atoms with Crippen LogP contribution >= 0.6 is 22.9 Å². The smallest absolute Gasteiger partial charge is 0.123 e. The molecule has 1 aromatic carbocycles. The molecule has 0 aliphatic heterocycles. The van der Waals surface area contributed by atoms with Crippen LogP contribution in [0.2, 0.25) is 5.02 Å². The van der Waals surface area contributed by atoms with Gasteiger partial charge in [-0.05, 0) is 48.1 Å². The summed E-state index contributed by atoms with van der Waals surface area (Å²) in [5.41, 5.74) is 6.82. The number of hydrogen-bond donors (Lipinski definition) is 1. The quantitative estimate of drug-likeness (QED) is 0.901. The molecule has 1 aromatic heterocycles. The van der Waals surface area contributed by atoms with E-state index < -0.39 is 0 Å². The molecule has 0 amide bonds. The van der Waals surface area contributed by atoms with Crippen LogP contribution in [-0.2, 0) is 12.8 Å². The van der Waals surface area contributed by atoms with Crippen molar-refractivity contribution in [1.29, 1.82) is 0 Å². The van der Waals surface area contributed by atoms with Gasteiger partial charge in [-0.3, -0.25) is 0 Å². The fourth-order valence-corrected chi connectivity index (χ4v) is 2.74. The van der Waals surface area contributed by atoms with E-state index in [1.165, 1.54) is 17.0 Å². The van der Waals surface area contributed by atoms with Crippen LogP contribution in [0.3, 0.4) is 0 Å². The number of thiophene rings is 1. The fourth-order valence-electron chi connectivity index (χ4n) is 1.74. The highest BCUT2D eigenvalue weighted by Gasteiger charge is 2.09. The van der Waals surface area contributed by atoms with Gasteiger partial charge in [-0.2, -0.15) is 0 Å². The van der Waals surface area contributed by atoms with E-state index in [9.17, 15) is 4.39 Å². The largest absolute Gasteiger partial charge is 0.327 e. The van der Waals surface area contributed by atoms with Gasteiger partial charge in [-0.1, -0.05) is 17.7 Å². The van der Waals surface area contributed by atoms with Crippen molar-refractivity contribution in [2.45, 2.75) is 18.9 Å². The SMILES string of the molecule is NC(Cc1cccs1)Cc1cc(F)ccc1Cl. The molecule has 2 rings (SSSR count). The van der Waals surface area contributed by atoms with Gasteiger partial charge in [0, 0.05) is 15.9 Å². The molecule has 2 N–H and O–H groups in total. The fraction of sp³-hybridized carbons (Fsp3) is 0.231. The summed E-state index contributed by atoms with van der Waals surface area (Å²) in [5, 5.41) is 2.60. The maximum Gasteiger partial charge on any atom is 0.123 e. The van der Waals surface area contributed by atoms with Crippen LogP contribution in [0.15, 0.2) is 35.7 Å². The first-order valence-electron chi connectivity index (χ1n) is 5.37. The summed E-state index contributed by atoms with van der Waals surface area (Å²) in [7, 11) is 0. The Morgan fingerprint density at radius 3 is 2.82 bits per heavy atom. The van der Waals surface area contributed by atoms with Crippen LogP contribution in [0.4, 0.5) is 4.39 Å². The summed E-state index contributed by atoms with van der Waals surface area (Å²) >= 11 is 7.68. The summed E-state index contributed by atoms with van der Waals surface area (Å²) in [6.45, 7) is 0. The van der Waals surface area contributed by atoms with E-state index in [0.29, 0.717) is 11.4 Å². The summed E-state index contributed by atoms with van der Waals surface area (Å²) in [4.78, 5) is 1.24. The highest BCUT2D eigenvalue weighted by Crippen LogP contribution is 2.20. The van der Waals surface area contributed by atoms with Gasteiger partial charge in [0.25, 0.3) is 0 Å². The van der Waals surface area contributed by atoms with E-state index in [1.54, 1.807) is 17.4 Å². The number of halogens is 2. The molecule has 0 aliphatic rings. The predicted molar refractivity (Wildman–Crippen MR) is 71.1 cm³/mol. The number of nitrogens with two attached hydrogens (primary N) is 1. The average Bonchev–Trinajstić information content (AvgIpc) is 2.76. The molecule has 1 atom stereocenters. The van der Waals surface area contributed by atoms with Crippen LogP contribution in [-0.4, -0.2) is 6.04 Å². The Hall–Kier alpha value is -0.900. The van der Waals surface area contributed by atoms with Gasteiger partial charge in [0.2, 0.25) is 0 Å². The zero-order chi connectivity index (χ0) is 12.3. The molecule has 0 radical (unpaired) electrons. The average molecular weight is 270 g/mol. The highest BCUT2D eigenvalue weighted by atomic mass is 35.5. The molecule has 4 heteroatoms. The van der Waals surface area contributed by atoms with Crippen molar-refractivity contribution in [2.75, 3.05) is 0 Å². The Morgan fingerprint density at radius 1 is 1.29 bits per heavy atom. The van der Waals surface area contributed by atoms with Crippen LogP contribution in [0.25, 0.3) is 0 Å². The molecular formula is C13H13ClFNS. The van der Waals surface area contributed by atoms with Gasteiger partial charge in [-0.25, -0.2) is 4.39 Å². The Morgan fingerprint density at radius 2 is 2.12 bits per heavy atom. The molecule has 0 saturated heterocycles. The molecule has 1 unspecified atom stereocenters. The van der Waals surface area contributed by atoms with Crippen molar-refractivity contribution in [3.05, 3.63) is 57.0 Å². The van der Waals surface area contributed by atoms with Crippen LogP contribution in [0.1, 0.15) is 10.4 Å². The number of benzene rings is 1. The van der Waals surface area contributed by atoms with Crippen molar-refractivity contribution < 1.29 is 4.39 Å². The summed E-state index contributed by atoms with van der Waals surface area (Å²) in [6, 6.07) is 8.41. The minimum Gasteiger partial charge on any atom is -0.327 e. The van der Waals surface area contributed by atoms with Crippen molar-refractivity contribution in [2.24, 2.45) is 5.73 Å². The lowest BCUT2D eigenvalue weighted by Gasteiger charge is -2.11. The van der Waals surface area contributed by atoms with Crippen molar-refractivity contribution in [3.63, 3.8) is 0 Å². The molecule has 0 spiro atoms. The maximum absolute atomic E-state index is 13.1. The predicted octanol–water partition coefficient (Wildman–Crippen LogP) is 3.65. The minimum atomic E-state index is -0.271. The Labute approximate surface area is 109 Å². The third kappa shape index (κ3) is 3.53. The molecular weight excluding hydrogens is 257 g/mol. The standard InChI is InChI=1S/C13H13ClFNS/c14-13-4-3-10(15)6-9(13)7-11(16)8-12-2-1-5-17-12/h1-6,11H,7-8,16H2. The Bertz CT molecular complexity index is 484. The molecule has 90 valence electrons. The molecule has 1 heterocycles. The third-order valence-electron chi connectivity index (χ3n) is 2.53. The normalized spacial score (nSPS) is 12.6. The monoisotopic (exact) mass is 269 g/mol. The first-order valence-corrected chi connectivity index (χ1v) is 6.63. The number of hydrogen-bond acceptors (Lipinski definition) is 2. The second kappa shape index (κ2) is 5.63.